The third-order valence-corrected chi connectivity index (χ3v) is 4.66. The van der Waals surface area contributed by atoms with Crippen molar-refractivity contribution in [2.24, 2.45) is 4.99 Å². The first-order valence-corrected chi connectivity index (χ1v) is 9.64. The number of esters is 2. The predicted octanol–water partition coefficient (Wildman–Crippen LogP) is 4.91. The van der Waals surface area contributed by atoms with E-state index in [9.17, 15) is 9.59 Å². The van der Waals surface area contributed by atoms with Gasteiger partial charge in [0, 0.05) is 10.6 Å². The van der Waals surface area contributed by atoms with Crippen molar-refractivity contribution in [1.29, 1.82) is 0 Å². The van der Waals surface area contributed by atoms with Crippen LogP contribution in [0.4, 0.5) is 0 Å². The Hall–Kier alpha value is -3.90. The van der Waals surface area contributed by atoms with Crippen LogP contribution in [-0.2, 0) is 9.53 Å². The summed E-state index contributed by atoms with van der Waals surface area (Å²) in [5, 5.41) is 0.531. The molecule has 1 heterocycles. The average molecular weight is 434 g/mol. The predicted molar refractivity (Wildman–Crippen MR) is 116 cm³/mol. The number of carbonyl (C=O) groups is 2. The minimum atomic E-state index is -0.561. The zero-order valence-electron chi connectivity index (χ0n) is 16.4. The van der Waals surface area contributed by atoms with Crippen LogP contribution in [-0.4, -0.2) is 24.9 Å². The quantitative estimate of drug-likeness (QED) is 0.324. The number of hydrogen-bond acceptors (Lipinski definition) is 6. The van der Waals surface area contributed by atoms with Crippen LogP contribution in [0.25, 0.3) is 6.08 Å². The molecule has 0 amide bonds. The fraction of sp³-hybridized carbons (Fsp3) is 0.0417. The number of hydrogen-bond donors (Lipinski definition) is 0. The molecule has 0 unspecified atom stereocenters. The van der Waals surface area contributed by atoms with E-state index < -0.39 is 11.9 Å². The lowest BCUT2D eigenvalue weighted by molar-refractivity contribution is -0.129. The molecule has 6 nitrogen and oxygen atoms in total. The first-order valence-electron chi connectivity index (χ1n) is 9.26. The molecule has 1 aliphatic rings. The van der Waals surface area contributed by atoms with Crippen molar-refractivity contribution in [3.05, 3.63) is 100 Å². The number of benzene rings is 3. The van der Waals surface area contributed by atoms with Crippen LogP contribution in [0, 0.1) is 0 Å². The zero-order valence-corrected chi connectivity index (χ0v) is 17.1. The highest BCUT2D eigenvalue weighted by molar-refractivity contribution is 6.30. The second-order valence-electron chi connectivity index (χ2n) is 6.53. The largest absolute Gasteiger partial charge is 0.497 e. The van der Waals surface area contributed by atoms with Gasteiger partial charge in [0.2, 0.25) is 5.90 Å². The number of rotatable bonds is 5. The molecule has 1 aliphatic heterocycles. The van der Waals surface area contributed by atoms with Crippen molar-refractivity contribution >= 4 is 35.5 Å². The third kappa shape index (κ3) is 4.82. The summed E-state index contributed by atoms with van der Waals surface area (Å²) in [6.07, 6.45) is 1.57. The van der Waals surface area contributed by atoms with Crippen molar-refractivity contribution in [3.8, 4) is 11.5 Å². The van der Waals surface area contributed by atoms with E-state index in [0.29, 0.717) is 33.2 Å². The van der Waals surface area contributed by atoms with Crippen LogP contribution in [0.15, 0.2) is 83.5 Å². The van der Waals surface area contributed by atoms with E-state index in [-0.39, 0.29) is 11.6 Å². The van der Waals surface area contributed by atoms with Crippen LogP contribution in [0.1, 0.15) is 21.5 Å². The normalized spacial score (nSPS) is 14.2. The van der Waals surface area contributed by atoms with Crippen LogP contribution in [0.2, 0.25) is 5.02 Å². The molecule has 0 saturated heterocycles. The fourth-order valence-electron chi connectivity index (χ4n) is 2.84. The Kier molecular flexibility index (Phi) is 5.82. The summed E-state index contributed by atoms with van der Waals surface area (Å²) in [4.78, 5) is 28.8. The first-order chi connectivity index (χ1) is 15.0. The van der Waals surface area contributed by atoms with Gasteiger partial charge in [0.25, 0.3) is 0 Å². The number of aliphatic imine (C=N–C) groups is 1. The maximum atomic E-state index is 12.3. The number of ether oxygens (including phenoxy) is 3. The first kappa shape index (κ1) is 20.4. The van der Waals surface area contributed by atoms with Crippen molar-refractivity contribution in [2.45, 2.75) is 0 Å². The number of methoxy groups -OCH3 is 1. The maximum Gasteiger partial charge on any atom is 0.363 e. The van der Waals surface area contributed by atoms with Gasteiger partial charge in [-0.15, -0.1) is 0 Å². The van der Waals surface area contributed by atoms with Crippen LogP contribution in [0.5, 0.6) is 11.5 Å². The zero-order chi connectivity index (χ0) is 21.8. The lowest BCUT2D eigenvalue weighted by Gasteiger charge is -2.05. The molecule has 3 aromatic rings. The lowest BCUT2D eigenvalue weighted by atomic mass is 10.2. The second-order valence-corrected chi connectivity index (χ2v) is 6.97. The number of halogens is 1. The van der Waals surface area contributed by atoms with Gasteiger partial charge in [-0.05, 0) is 72.3 Å². The summed E-state index contributed by atoms with van der Waals surface area (Å²) in [7, 11) is 1.57. The monoisotopic (exact) mass is 433 g/mol. The Morgan fingerprint density at radius 1 is 1.00 bits per heavy atom. The molecule has 0 aromatic heterocycles. The lowest BCUT2D eigenvalue weighted by Crippen LogP contribution is -2.08. The number of nitrogens with zero attached hydrogens (tertiary/aromatic N) is 1. The van der Waals surface area contributed by atoms with Gasteiger partial charge in [0.15, 0.2) is 5.70 Å². The molecule has 0 aliphatic carbocycles. The molecule has 0 N–H and O–H groups in total. The van der Waals surface area contributed by atoms with E-state index in [1.807, 2.05) is 0 Å². The molecule has 154 valence electrons. The standard InChI is InChI=1S/C24H16ClNO5/c1-29-19-11-7-16(8-12-19)22-26-21(24(28)31-22)14-15-3-2-4-20(13-15)30-23(27)17-5-9-18(25)10-6-17/h2-14H,1H3/b21-14+. The SMILES string of the molecule is COc1ccc(C2=N/C(=C/c3cccc(OC(=O)c4ccc(Cl)cc4)c3)C(=O)O2)cc1. The molecule has 0 atom stereocenters. The molecule has 4 rings (SSSR count). The van der Waals surface area contributed by atoms with Gasteiger partial charge in [0.05, 0.1) is 12.7 Å². The summed E-state index contributed by atoms with van der Waals surface area (Å²) >= 11 is 5.84. The molecule has 0 radical (unpaired) electrons. The smallest absolute Gasteiger partial charge is 0.363 e. The van der Waals surface area contributed by atoms with E-state index in [0.717, 1.165) is 0 Å². The molecular formula is C24H16ClNO5. The second kappa shape index (κ2) is 8.85. The van der Waals surface area contributed by atoms with Crippen molar-refractivity contribution in [1.82, 2.24) is 0 Å². The Morgan fingerprint density at radius 2 is 1.74 bits per heavy atom. The van der Waals surface area contributed by atoms with Crippen LogP contribution < -0.4 is 9.47 Å². The molecule has 3 aromatic carbocycles. The van der Waals surface area contributed by atoms with Crippen LogP contribution >= 0.6 is 11.6 Å². The molecule has 0 bridgehead atoms. The van der Waals surface area contributed by atoms with E-state index in [1.165, 1.54) is 0 Å². The minimum Gasteiger partial charge on any atom is -0.497 e. The van der Waals surface area contributed by atoms with Gasteiger partial charge in [-0.25, -0.2) is 14.6 Å². The van der Waals surface area contributed by atoms with Gasteiger partial charge in [0.1, 0.15) is 11.5 Å². The summed E-state index contributed by atoms with van der Waals surface area (Å²) in [5.41, 5.74) is 1.81. The summed E-state index contributed by atoms with van der Waals surface area (Å²) in [6.45, 7) is 0. The highest BCUT2D eigenvalue weighted by Gasteiger charge is 2.24. The van der Waals surface area contributed by atoms with Crippen molar-refractivity contribution in [3.63, 3.8) is 0 Å². The summed E-state index contributed by atoms with van der Waals surface area (Å²) in [5.74, 6) is 0.162. The minimum absolute atomic E-state index is 0.145. The average Bonchev–Trinajstić information content (AvgIpc) is 3.14. The molecule has 0 saturated carbocycles. The Bertz CT molecular complexity index is 1200. The molecule has 31 heavy (non-hydrogen) atoms. The van der Waals surface area contributed by atoms with Crippen LogP contribution in [0.3, 0.4) is 0 Å². The van der Waals surface area contributed by atoms with E-state index in [1.54, 1.807) is 86.0 Å². The third-order valence-electron chi connectivity index (χ3n) is 4.41. The Labute approximate surface area is 183 Å². The Morgan fingerprint density at radius 3 is 2.45 bits per heavy atom. The molecule has 7 heteroatoms. The molecular weight excluding hydrogens is 418 g/mol. The number of cyclic esters (lactones) is 1. The van der Waals surface area contributed by atoms with Gasteiger partial charge >= 0.3 is 11.9 Å². The van der Waals surface area contributed by atoms with E-state index >= 15 is 0 Å². The van der Waals surface area contributed by atoms with Gasteiger partial charge in [-0.3, -0.25) is 0 Å². The highest BCUT2D eigenvalue weighted by atomic mass is 35.5. The topological polar surface area (TPSA) is 74.2 Å². The van der Waals surface area contributed by atoms with E-state index in [4.69, 9.17) is 25.8 Å². The highest BCUT2D eigenvalue weighted by Crippen LogP contribution is 2.23. The van der Waals surface area contributed by atoms with E-state index in [2.05, 4.69) is 4.99 Å². The summed E-state index contributed by atoms with van der Waals surface area (Å²) in [6, 6.07) is 20.2. The Balaban J connectivity index is 1.53. The molecule has 0 fully saturated rings. The number of carbonyl (C=O) groups excluding carboxylic acids is 2. The summed E-state index contributed by atoms with van der Waals surface area (Å²) < 4.78 is 15.8. The van der Waals surface area contributed by atoms with Gasteiger partial charge in [-0.2, -0.15) is 0 Å². The van der Waals surface area contributed by atoms with Gasteiger partial charge < -0.3 is 14.2 Å². The fourth-order valence-corrected chi connectivity index (χ4v) is 2.97. The molecule has 0 spiro atoms. The van der Waals surface area contributed by atoms with Crippen molar-refractivity contribution in [2.75, 3.05) is 7.11 Å². The maximum absolute atomic E-state index is 12.3. The van der Waals surface area contributed by atoms with Gasteiger partial charge in [-0.1, -0.05) is 23.7 Å². The van der Waals surface area contributed by atoms with Crippen molar-refractivity contribution < 1.29 is 23.8 Å².